The molecule has 40 heavy (non-hydrogen) atoms. The average molecular weight is 549 g/mol. The monoisotopic (exact) mass is 548 g/mol. The molecular formula is C32H28N4O3S. The van der Waals surface area contributed by atoms with Crippen LogP contribution in [0.5, 0.6) is 23.0 Å². The summed E-state index contributed by atoms with van der Waals surface area (Å²) in [7, 11) is 3.33. The zero-order chi connectivity index (χ0) is 27.5. The van der Waals surface area contributed by atoms with Gasteiger partial charge in [-0.2, -0.15) is 0 Å². The molecule has 1 fully saturated rings. The number of nitrogens with one attached hydrogen (secondary N) is 1. The van der Waals surface area contributed by atoms with Gasteiger partial charge in [-0.1, -0.05) is 18.2 Å². The molecule has 1 saturated heterocycles. The summed E-state index contributed by atoms with van der Waals surface area (Å²) in [5.74, 6) is 3.02. The van der Waals surface area contributed by atoms with Crippen molar-refractivity contribution in [1.29, 1.82) is 0 Å². The summed E-state index contributed by atoms with van der Waals surface area (Å²) in [5.41, 5.74) is 3.84. The van der Waals surface area contributed by atoms with Crippen molar-refractivity contribution in [3.63, 3.8) is 0 Å². The Kier molecular flexibility index (Phi) is 7.08. The number of aromatic nitrogens is 2. The number of rotatable bonds is 8. The molecule has 200 valence electrons. The Balaban J connectivity index is 1.38. The average Bonchev–Trinajstić information content (AvgIpc) is 3.62. The number of ether oxygens (including phenoxy) is 3. The lowest BCUT2D eigenvalue weighted by molar-refractivity contribution is 0.412. The van der Waals surface area contributed by atoms with Crippen LogP contribution in [-0.2, 0) is 0 Å². The van der Waals surface area contributed by atoms with Gasteiger partial charge in [0, 0.05) is 23.8 Å². The van der Waals surface area contributed by atoms with Crippen molar-refractivity contribution in [2.75, 3.05) is 19.1 Å². The molecule has 0 amide bonds. The van der Waals surface area contributed by atoms with Gasteiger partial charge >= 0.3 is 0 Å². The highest BCUT2D eigenvalue weighted by atomic mass is 32.1. The van der Waals surface area contributed by atoms with Crippen LogP contribution in [0.4, 0.5) is 5.69 Å². The summed E-state index contributed by atoms with van der Waals surface area (Å²) in [6, 6.07) is 33.2. The van der Waals surface area contributed by atoms with E-state index in [1.165, 1.54) is 0 Å². The van der Waals surface area contributed by atoms with Crippen LogP contribution in [0, 0.1) is 0 Å². The van der Waals surface area contributed by atoms with E-state index >= 15 is 0 Å². The largest absolute Gasteiger partial charge is 0.497 e. The normalized spacial score (nSPS) is 16.4. The van der Waals surface area contributed by atoms with Crippen LogP contribution in [0.15, 0.2) is 116 Å². The highest BCUT2D eigenvalue weighted by Gasteiger charge is 2.42. The fourth-order valence-electron chi connectivity index (χ4n) is 5.07. The quantitative estimate of drug-likeness (QED) is 0.213. The zero-order valence-corrected chi connectivity index (χ0v) is 22.9. The Morgan fingerprint density at radius 2 is 1.45 bits per heavy atom. The summed E-state index contributed by atoms with van der Waals surface area (Å²) in [5, 5.41) is 4.16. The summed E-state index contributed by atoms with van der Waals surface area (Å²) in [6.45, 7) is 0. The molecule has 7 nitrogen and oxygen atoms in total. The number of methoxy groups -OCH3 is 2. The van der Waals surface area contributed by atoms with Gasteiger partial charge in [0.05, 0.1) is 31.6 Å². The minimum Gasteiger partial charge on any atom is -0.497 e. The fraction of sp³-hybridized carbons (Fsp3) is 0.125. The maximum Gasteiger partial charge on any atom is 0.174 e. The van der Waals surface area contributed by atoms with Gasteiger partial charge in [-0.15, -0.1) is 0 Å². The predicted molar refractivity (Wildman–Crippen MR) is 160 cm³/mol. The molecular weight excluding hydrogens is 520 g/mol. The number of anilines is 1. The Hall–Kier alpha value is -4.82. The van der Waals surface area contributed by atoms with E-state index in [9.17, 15) is 0 Å². The van der Waals surface area contributed by atoms with Crippen LogP contribution in [0.25, 0.3) is 5.69 Å². The van der Waals surface area contributed by atoms with Crippen LogP contribution < -0.4 is 24.4 Å². The van der Waals surface area contributed by atoms with E-state index in [0.717, 1.165) is 45.8 Å². The van der Waals surface area contributed by atoms with Crippen LogP contribution >= 0.6 is 12.2 Å². The first-order valence-electron chi connectivity index (χ1n) is 12.9. The van der Waals surface area contributed by atoms with Gasteiger partial charge < -0.3 is 29.0 Å². The van der Waals surface area contributed by atoms with Gasteiger partial charge in [-0.25, -0.2) is 0 Å². The SMILES string of the molecule is COc1ccc(Oc2ccc(N3C(=S)N[C@H](c4ccccn4)[C@H]3c3cccn3-c3ccccc3OC)cc2)cc1. The fourth-order valence-corrected chi connectivity index (χ4v) is 5.42. The van der Waals surface area contributed by atoms with Gasteiger partial charge in [0.1, 0.15) is 29.0 Å². The molecule has 0 radical (unpaired) electrons. The topological polar surface area (TPSA) is 60.8 Å². The minimum absolute atomic E-state index is 0.174. The molecule has 3 heterocycles. The number of pyridine rings is 1. The van der Waals surface area contributed by atoms with E-state index in [4.69, 9.17) is 26.4 Å². The minimum atomic E-state index is -0.185. The Morgan fingerprint density at radius 3 is 2.15 bits per heavy atom. The number of nitrogens with zero attached hydrogens (tertiary/aromatic N) is 3. The van der Waals surface area contributed by atoms with Crippen LogP contribution in [0.2, 0.25) is 0 Å². The molecule has 8 heteroatoms. The molecule has 0 spiro atoms. The summed E-state index contributed by atoms with van der Waals surface area (Å²) in [4.78, 5) is 6.83. The second kappa shape index (κ2) is 11.1. The highest BCUT2D eigenvalue weighted by Crippen LogP contribution is 2.43. The van der Waals surface area contributed by atoms with Crippen molar-refractivity contribution in [2.24, 2.45) is 0 Å². The lowest BCUT2D eigenvalue weighted by atomic mass is 10.0. The molecule has 2 atom stereocenters. The van der Waals surface area contributed by atoms with Gasteiger partial charge in [0.25, 0.3) is 0 Å². The van der Waals surface area contributed by atoms with E-state index in [1.54, 1.807) is 14.2 Å². The highest BCUT2D eigenvalue weighted by molar-refractivity contribution is 7.80. The van der Waals surface area contributed by atoms with E-state index in [2.05, 4.69) is 31.9 Å². The van der Waals surface area contributed by atoms with Crippen molar-refractivity contribution >= 4 is 23.0 Å². The van der Waals surface area contributed by atoms with Gasteiger partial charge in [-0.3, -0.25) is 4.98 Å². The van der Waals surface area contributed by atoms with E-state index < -0.39 is 0 Å². The lowest BCUT2D eigenvalue weighted by Crippen LogP contribution is -2.30. The van der Waals surface area contributed by atoms with Crippen molar-refractivity contribution in [3.05, 3.63) is 127 Å². The van der Waals surface area contributed by atoms with Crippen molar-refractivity contribution in [2.45, 2.75) is 12.1 Å². The van der Waals surface area contributed by atoms with E-state index in [-0.39, 0.29) is 12.1 Å². The Labute approximate surface area is 238 Å². The standard InChI is InChI=1S/C32H28N4O3S/c1-37-23-16-18-25(19-17-23)39-24-14-12-22(13-15-24)36-31(30(34-32(36)40)26-8-5-6-20-33-26)28-10-7-21-35(28)27-9-3-4-11-29(27)38-2/h3-21,30-31H,1-2H3,(H,34,40)/t30-,31-/m1/s1. The molecule has 2 aromatic heterocycles. The summed E-state index contributed by atoms with van der Waals surface area (Å²) >= 11 is 5.93. The van der Waals surface area contributed by atoms with Gasteiger partial charge in [0.15, 0.2) is 5.11 Å². The third-order valence-electron chi connectivity index (χ3n) is 6.94. The first-order chi connectivity index (χ1) is 19.7. The van der Waals surface area contributed by atoms with Gasteiger partial charge in [0.2, 0.25) is 0 Å². The van der Waals surface area contributed by atoms with E-state index in [1.807, 2.05) is 103 Å². The molecule has 5 aromatic rings. The molecule has 3 aromatic carbocycles. The van der Waals surface area contributed by atoms with E-state index in [0.29, 0.717) is 5.11 Å². The number of hydrogen-bond donors (Lipinski definition) is 1. The molecule has 1 N–H and O–H groups in total. The van der Waals surface area contributed by atoms with Crippen molar-refractivity contribution < 1.29 is 14.2 Å². The van der Waals surface area contributed by atoms with Crippen LogP contribution in [0.3, 0.4) is 0 Å². The van der Waals surface area contributed by atoms with Gasteiger partial charge in [-0.05, 0) is 97.1 Å². The molecule has 1 aliphatic heterocycles. The maximum absolute atomic E-state index is 6.06. The second-order valence-corrected chi connectivity index (χ2v) is 9.63. The third-order valence-corrected chi connectivity index (χ3v) is 7.25. The molecule has 0 aliphatic carbocycles. The smallest absolute Gasteiger partial charge is 0.174 e. The summed E-state index contributed by atoms with van der Waals surface area (Å²) < 4.78 is 19.2. The van der Waals surface area contributed by atoms with Crippen molar-refractivity contribution in [3.8, 4) is 28.7 Å². The van der Waals surface area contributed by atoms with Crippen molar-refractivity contribution in [1.82, 2.24) is 14.9 Å². The number of para-hydroxylation sites is 2. The first kappa shape index (κ1) is 25.5. The van der Waals surface area contributed by atoms with Crippen LogP contribution in [0.1, 0.15) is 23.5 Å². The molecule has 0 saturated carbocycles. The Bertz CT molecular complexity index is 1600. The Morgan fingerprint density at radius 1 is 0.750 bits per heavy atom. The number of benzene rings is 3. The maximum atomic E-state index is 6.06. The summed E-state index contributed by atoms with van der Waals surface area (Å²) in [6.07, 6.45) is 3.86. The molecule has 6 rings (SSSR count). The number of thiocarbonyl (C=S) groups is 1. The van der Waals surface area contributed by atoms with Crippen LogP contribution in [-0.4, -0.2) is 28.9 Å². The molecule has 0 bridgehead atoms. The molecule has 0 unspecified atom stereocenters. The molecule has 1 aliphatic rings. The number of hydrogen-bond acceptors (Lipinski definition) is 5. The zero-order valence-electron chi connectivity index (χ0n) is 22.1. The second-order valence-electron chi connectivity index (χ2n) is 9.24. The predicted octanol–water partition coefficient (Wildman–Crippen LogP) is 6.86. The lowest BCUT2D eigenvalue weighted by Gasteiger charge is -2.29. The first-order valence-corrected chi connectivity index (χ1v) is 13.3. The third kappa shape index (κ3) is 4.85.